The summed E-state index contributed by atoms with van der Waals surface area (Å²) in [6.45, 7) is 2.00. The summed E-state index contributed by atoms with van der Waals surface area (Å²) in [5.41, 5.74) is 3.15. The summed E-state index contributed by atoms with van der Waals surface area (Å²) in [6.07, 6.45) is 1.71. The molecule has 0 spiro atoms. The van der Waals surface area contributed by atoms with Gasteiger partial charge >= 0.3 is 0 Å². The molecule has 0 aliphatic heterocycles. The third-order valence-corrected chi connectivity index (χ3v) is 2.99. The van der Waals surface area contributed by atoms with Gasteiger partial charge in [0.2, 0.25) is 0 Å². The number of carbonyl (C=O) groups is 1. The molecular formula is C12H15ClN4O2. The predicted molar refractivity (Wildman–Crippen MR) is 72.6 cm³/mol. The summed E-state index contributed by atoms with van der Waals surface area (Å²) >= 11 is 6.16. The van der Waals surface area contributed by atoms with Gasteiger partial charge in [0.25, 0.3) is 5.91 Å². The van der Waals surface area contributed by atoms with Crippen molar-refractivity contribution in [2.45, 2.75) is 19.8 Å². The van der Waals surface area contributed by atoms with Crippen LogP contribution in [0.4, 0.5) is 5.82 Å². The lowest BCUT2D eigenvalue weighted by molar-refractivity contribution is -0.127. The van der Waals surface area contributed by atoms with Crippen molar-refractivity contribution in [1.82, 2.24) is 14.9 Å². The smallest absolute Gasteiger partial charge is 0.262 e. The van der Waals surface area contributed by atoms with E-state index < -0.39 is 5.91 Å². The van der Waals surface area contributed by atoms with Crippen LogP contribution in [-0.4, -0.2) is 27.0 Å². The second kappa shape index (κ2) is 5.90. The van der Waals surface area contributed by atoms with Gasteiger partial charge in [-0.25, -0.2) is 10.5 Å². The molecule has 0 aliphatic rings. The molecule has 7 heteroatoms. The first kappa shape index (κ1) is 13.6. The number of halogens is 1. The van der Waals surface area contributed by atoms with Crippen LogP contribution in [0.1, 0.15) is 19.0 Å². The molecule has 2 aromatic rings. The van der Waals surface area contributed by atoms with Crippen LogP contribution < -0.4 is 10.8 Å². The monoisotopic (exact) mass is 282 g/mol. The molecule has 1 amide bonds. The lowest BCUT2D eigenvalue weighted by atomic mass is 10.2. The van der Waals surface area contributed by atoms with Crippen molar-refractivity contribution in [2.75, 3.05) is 11.9 Å². The predicted octanol–water partition coefficient (Wildman–Crippen LogP) is 1.86. The van der Waals surface area contributed by atoms with Gasteiger partial charge in [0, 0.05) is 0 Å². The number of rotatable bonds is 5. The maximum atomic E-state index is 11.1. The van der Waals surface area contributed by atoms with Crippen LogP contribution >= 0.6 is 11.6 Å². The van der Waals surface area contributed by atoms with E-state index in [9.17, 15) is 4.79 Å². The zero-order valence-corrected chi connectivity index (χ0v) is 11.2. The first-order chi connectivity index (χ1) is 9.17. The highest BCUT2D eigenvalue weighted by Gasteiger charge is 2.14. The number of pyridine rings is 1. The molecule has 0 saturated heterocycles. The average Bonchev–Trinajstić information content (AvgIpc) is 2.75. The normalized spacial score (nSPS) is 10.7. The SMILES string of the molecule is CCCc1nc2cccc(Cl)n2c1NCC(=O)NO. The molecule has 3 N–H and O–H groups in total. The zero-order valence-electron chi connectivity index (χ0n) is 10.5. The van der Waals surface area contributed by atoms with Gasteiger partial charge in [-0.1, -0.05) is 31.0 Å². The number of carbonyl (C=O) groups excluding carboxylic acids is 1. The van der Waals surface area contributed by atoms with Crippen molar-refractivity contribution >= 4 is 29.0 Å². The molecular weight excluding hydrogens is 268 g/mol. The Kier molecular flexibility index (Phi) is 4.24. The Balaban J connectivity index is 2.42. The maximum Gasteiger partial charge on any atom is 0.262 e. The average molecular weight is 283 g/mol. The second-order valence-electron chi connectivity index (χ2n) is 4.09. The van der Waals surface area contributed by atoms with Crippen molar-refractivity contribution in [3.05, 3.63) is 29.0 Å². The second-order valence-corrected chi connectivity index (χ2v) is 4.48. The fourth-order valence-corrected chi connectivity index (χ4v) is 2.14. The van der Waals surface area contributed by atoms with Crippen LogP contribution in [0.15, 0.2) is 18.2 Å². The molecule has 0 radical (unpaired) electrons. The Morgan fingerprint density at radius 3 is 3.00 bits per heavy atom. The van der Waals surface area contributed by atoms with Crippen LogP contribution in [0.2, 0.25) is 5.15 Å². The number of anilines is 1. The minimum atomic E-state index is -0.524. The Bertz CT molecular complexity index is 597. The van der Waals surface area contributed by atoms with Crippen LogP contribution in [0.3, 0.4) is 0 Å². The van der Waals surface area contributed by atoms with E-state index in [-0.39, 0.29) is 6.54 Å². The van der Waals surface area contributed by atoms with Crippen molar-refractivity contribution < 1.29 is 10.0 Å². The lowest BCUT2D eigenvalue weighted by Crippen LogP contribution is -2.27. The van der Waals surface area contributed by atoms with Gasteiger partial charge in [0.1, 0.15) is 16.6 Å². The molecule has 6 nitrogen and oxygen atoms in total. The summed E-state index contributed by atoms with van der Waals surface area (Å²) in [5.74, 6) is 0.163. The summed E-state index contributed by atoms with van der Waals surface area (Å²) < 4.78 is 1.75. The topological polar surface area (TPSA) is 78.7 Å². The third-order valence-electron chi connectivity index (χ3n) is 2.70. The molecule has 0 atom stereocenters. The maximum absolute atomic E-state index is 11.1. The number of hydrogen-bond acceptors (Lipinski definition) is 4. The Morgan fingerprint density at radius 1 is 1.53 bits per heavy atom. The quantitative estimate of drug-likeness (QED) is 0.444. The number of fused-ring (bicyclic) bond motifs is 1. The van der Waals surface area contributed by atoms with Gasteiger partial charge in [-0.3, -0.25) is 14.4 Å². The van der Waals surface area contributed by atoms with Crippen LogP contribution in [0, 0.1) is 0 Å². The third kappa shape index (κ3) is 2.80. The molecule has 0 saturated carbocycles. The fourth-order valence-electron chi connectivity index (χ4n) is 1.90. The fraction of sp³-hybridized carbons (Fsp3) is 0.333. The van der Waals surface area contributed by atoms with Crippen molar-refractivity contribution in [2.24, 2.45) is 0 Å². The Labute approximate surface area is 115 Å². The Morgan fingerprint density at radius 2 is 2.32 bits per heavy atom. The summed E-state index contributed by atoms with van der Waals surface area (Å²) in [4.78, 5) is 15.6. The highest BCUT2D eigenvalue weighted by atomic mass is 35.5. The molecule has 102 valence electrons. The van der Waals surface area contributed by atoms with Crippen LogP contribution in [-0.2, 0) is 11.2 Å². The number of nitrogens with zero attached hydrogens (tertiary/aromatic N) is 2. The molecule has 2 rings (SSSR count). The van der Waals surface area contributed by atoms with Gasteiger partial charge in [-0.15, -0.1) is 0 Å². The van der Waals surface area contributed by atoms with E-state index in [0.29, 0.717) is 11.0 Å². The number of amides is 1. The molecule has 0 aliphatic carbocycles. The molecule has 2 heterocycles. The van der Waals surface area contributed by atoms with E-state index >= 15 is 0 Å². The van der Waals surface area contributed by atoms with E-state index in [0.717, 1.165) is 24.2 Å². The summed E-state index contributed by atoms with van der Waals surface area (Å²) in [7, 11) is 0. The molecule has 0 bridgehead atoms. The summed E-state index contributed by atoms with van der Waals surface area (Å²) in [6, 6.07) is 5.43. The van der Waals surface area contributed by atoms with Gasteiger partial charge in [0.05, 0.1) is 12.2 Å². The van der Waals surface area contributed by atoms with Crippen molar-refractivity contribution in [3.63, 3.8) is 0 Å². The first-order valence-electron chi connectivity index (χ1n) is 6.00. The minimum Gasteiger partial charge on any atom is -0.360 e. The van der Waals surface area contributed by atoms with Crippen LogP contribution in [0.5, 0.6) is 0 Å². The van der Waals surface area contributed by atoms with E-state index in [4.69, 9.17) is 16.8 Å². The Hall–Kier alpha value is -1.79. The van der Waals surface area contributed by atoms with E-state index in [1.165, 1.54) is 0 Å². The molecule has 0 aromatic carbocycles. The van der Waals surface area contributed by atoms with Gasteiger partial charge in [0.15, 0.2) is 0 Å². The molecule has 2 aromatic heterocycles. The number of nitrogens with one attached hydrogen (secondary N) is 2. The minimum absolute atomic E-state index is 0.0494. The zero-order chi connectivity index (χ0) is 13.8. The lowest BCUT2D eigenvalue weighted by Gasteiger charge is -2.08. The van der Waals surface area contributed by atoms with E-state index in [1.54, 1.807) is 15.9 Å². The number of aromatic nitrogens is 2. The number of hydroxylamine groups is 1. The molecule has 0 fully saturated rings. The molecule has 0 unspecified atom stereocenters. The molecule has 19 heavy (non-hydrogen) atoms. The van der Waals surface area contributed by atoms with Crippen LogP contribution in [0.25, 0.3) is 5.65 Å². The highest BCUT2D eigenvalue weighted by molar-refractivity contribution is 6.30. The van der Waals surface area contributed by atoms with Gasteiger partial charge < -0.3 is 5.32 Å². The van der Waals surface area contributed by atoms with Gasteiger partial charge in [-0.2, -0.15) is 0 Å². The number of hydrogen-bond donors (Lipinski definition) is 3. The number of aryl methyl sites for hydroxylation is 1. The van der Waals surface area contributed by atoms with Crippen molar-refractivity contribution in [3.8, 4) is 0 Å². The van der Waals surface area contributed by atoms with E-state index in [2.05, 4.69) is 17.2 Å². The first-order valence-corrected chi connectivity index (χ1v) is 6.37. The summed E-state index contributed by atoms with van der Waals surface area (Å²) in [5, 5.41) is 12.0. The standard InChI is InChI=1S/C12H15ClN4O2/c1-2-4-8-12(14-7-11(18)16-19)17-9(13)5-3-6-10(17)15-8/h3,5-6,14,19H,2,4,7H2,1H3,(H,16,18). The number of imidazole rings is 1. The van der Waals surface area contributed by atoms with Crippen molar-refractivity contribution in [1.29, 1.82) is 0 Å². The van der Waals surface area contributed by atoms with Gasteiger partial charge in [-0.05, 0) is 18.6 Å². The highest BCUT2D eigenvalue weighted by Crippen LogP contribution is 2.24. The van der Waals surface area contributed by atoms with E-state index in [1.807, 2.05) is 12.1 Å². The largest absolute Gasteiger partial charge is 0.360 e.